The summed E-state index contributed by atoms with van der Waals surface area (Å²) in [4.78, 5) is 21.6. The summed E-state index contributed by atoms with van der Waals surface area (Å²) < 4.78 is 0.941. The highest BCUT2D eigenvalue weighted by Crippen LogP contribution is 2.49. The lowest BCUT2D eigenvalue weighted by molar-refractivity contribution is -0.124. The molecular formula is C17H24BrN3O. The number of nitrogens with zero attached hydrogens (tertiary/aromatic N) is 3. The summed E-state index contributed by atoms with van der Waals surface area (Å²) in [6.07, 6.45) is 6.66. The van der Waals surface area contributed by atoms with Crippen molar-refractivity contribution in [3.63, 3.8) is 0 Å². The van der Waals surface area contributed by atoms with Gasteiger partial charge in [0.25, 0.3) is 0 Å². The molecule has 3 atom stereocenters. The molecule has 120 valence electrons. The van der Waals surface area contributed by atoms with Gasteiger partial charge in [-0.25, -0.2) is 4.98 Å². The number of aromatic nitrogens is 1. The largest absolute Gasteiger partial charge is 0.308 e. The van der Waals surface area contributed by atoms with Crippen LogP contribution in [-0.2, 0) is 4.79 Å². The van der Waals surface area contributed by atoms with Crippen LogP contribution in [0.5, 0.6) is 0 Å². The van der Waals surface area contributed by atoms with Crippen molar-refractivity contribution in [1.82, 2.24) is 9.88 Å². The number of pyridine rings is 1. The second-order valence-corrected chi connectivity index (χ2v) is 7.82. The number of halogens is 1. The lowest BCUT2D eigenvalue weighted by Crippen LogP contribution is -2.42. The molecule has 22 heavy (non-hydrogen) atoms. The van der Waals surface area contributed by atoms with Crippen molar-refractivity contribution >= 4 is 27.7 Å². The summed E-state index contributed by atoms with van der Waals surface area (Å²) in [6, 6.07) is 3.89. The SMILES string of the molecule is CN(C)CCN(C(=O)C1CC2CCC1C2)c1ccc(Br)cn1. The summed E-state index contributed by atoms with van der Waals surface area (Å²) >= 11 is 3.41. The number of fused-ring (bicyclic) bond motifs is 2. The van der Waals surface area contributed by atoms with Crippen molar-refractivity contribution in [2.75, 3.05) is 32.1 Å². The van der Waals surface area contributed by atoms with E-state index in [-0.39, 0.29) is 11.8 Å². The van der Waals surface area contributed by atoms with Crippen LogP contribution in [0, 0.1) is 17.8 Å². The van der Waals surface area contributed by atoms with Gasteiger partial charge < -0.3 is 4.90 Å². The highest BCUT2D eigenvalue weighted by Gasteiger charge is 2.44. The Morgan fingerprint density at radius 3 is 2.64 bits per heavy atom. The van der Waals surface area contributed by atoms with Crippen molar-refractivity contribution in [2.45, 2.75) is 25.7 Å². The molecule has 5 heteroatoms. The zero-order valence-corrected chi connectivity index (χ0v) is 14.9. The monoisotopic (exact) mass is 365 g/mol. The molecule has 1 heterocycles. The minimum absolute atomic E-state index is 0.214. The molecule has 0 N–H and O–H groups in total. The molecule has 3 unspecified atom stereocenters. The first-order chi connectivity index (χ1) is 10.5. The number of amides is 1. The molecule has 4 nitrogen and oxygen atoms in total. The Morgan fingerprint density at radius 1 is 1.27 bits per heavy atom. The van der Waals surface area contributed by atoms with E-state index in [0.29, 0.717) is 12.5 Å². The minimum atomic E-state index is 0.214. The van der Waals surface area contributed by atoms with E-state index in [9.17, 15) is 4.79 Å². The van der Waals surface area contributed by atoms with Crippen LogP contribution in [0.15, 0.2) is 22.8 Å². The number of anilines is 1. The van der Waals surface area contributed by atoms with E-state index in [2.05, 4.69) is 25.8 Å². The quantitative estimate of drug-likeness (QED) is 0.803. The van der Waals surface area contributed by atoms with Gasteiger partial charge >= 0.3 is 0 Å². The molecule has 2 fully saturated rings. The van der Waals surface area contributed by atoms with Crippen molar-refractivity contribution in [3.8, 4) is 0 Å². The summed E-state index contributed by atoms with van der Waals surface area (Å²) in [6.45, 7) is 1.55. The van der Waals surface area contributed by atoms with E-state index in [1.807, 2.05) is 31.1 Å². The van der Waals surface area contributed by atoms with Crippen LogP contribution in [0.2, 0.25) is 0 Å². The molecule has 2 saturated carbocycles. The highest BCUT2D eigenvalue weighted by molar-refractivity contribution is 9.10. The third-order valence-electron chi connectivity index (χ3n) is 5.08. The fourth-order valence-electron chi connectivity index (χ4n) is 3.91. The molecule has 0 aromatic carbocycles. The fourth-order valence-corrected chi connectivity index (χ4v) is 4.15. The molecule has 1 aromatic heterocycles. The molecule has 1 aromatic rings. The first kappa shape index (κ1) is 15.9. The van der Waals surface area contributed by atoms with Gasteiger partial charge in [-0.15, -0.1) is 0 Å². The van der Waals surface area contributed by atoms with E-state index in [1.54, 1.807) is 6.20 Å². The maximum Gasteiger partial charge on any atom is 0.231 e. The van der Waals surface area contributed by atoms with Gasteiger partial charge in [0.05, 0.1) is 0 Å². The summed E-state index contributed by atoms with van der Waals surface area (Å²) in [5.41, 5.74) is 0. The van der Waals surface area contributed by atoms with Crippen LogP contribution < -0.4 is 4.90 Å². The number of hydrogen-bond donors (Lipinski definition) is 0. The van der Waals surface area contributed by atoms with Crippen LogP contribution >= 0.6 is 15.9 Å². The molecule has 0 aliphatic heterocycles. The smallest absolute Gasteiger partial charge is 0.231 e. The Kier molecular flexibility index (Phi) is 4.83. The fraction of sp³-hybridized carbons (Fsp3) is 0.647. The van der Waals surface area contributed by atoms with Crippen LogP contribution in [0.25, 0.3) is 0 Å². The normalized spacial score (nSPS) is 26.6. The average molecular weight is 366 g/mol. The molecule has 2 bridgehead atoms. The van der Waals surface area contributed by atoms with E-state index < -0.39 is 0 Å². The molecule has 1 amide bonds. The van der Waals surface area contributed by atoms with Crippen LogP contribution in [0.1, 0.15) is 25.7 Å². The summed E-state index contributed by atoms with van der Waals surface area (Å²) in [7, 11) is 4.07. The zero-order valence-electron chi connectivity index (χ0n) is 13.3. The summed E-state index contributed by atoms with van der Waals surface area (Å²) in [5.74, 6) is 2.66. The average Bonchev–Trinajstić information content (AvgIpc) is 3.11. The number of carbonyl (C=O) groups excluding carboxylic acids is 1. The number of carbonyl (C=O) groups is 1. The predicted octanol–water partition coefficient (Wildman–Crippen LogP) is 3.17. The van der Waals surface area contributed by atoms with Gasteiger partial charge in [-0.1, -0.05) is 6.42 Å². The van der Waals surface area contributed by atoms with E-state index in [4.69, 9.17) is 0 Å². The molecule has 0 saturated heterocycles. The Morgan fingerprint density at radius 2 is 2.09 bits per heavy atom. The van der Waals surface area contributed by atoms with Crippen molar-refractivity contribution < 1.29 is 4.79 Å². The summed E-state index contributed by atoms with van der Waals surface area (Å²) in [5, 5.41) is 0. The van der Waals surface area contributed by atoms with Crippen molar-refractivity contribution in [3.05, 3.63) is 22.8 Å². The standard InChI is InChI=1S/C17H24BrN3O/c1-20(2)7-8-21(16-6-5-14(18)11-19-16)17(22)15-10-12-3-4-13(15)9-12/h5-6,11-13,15H,3-4,7-10H2,1-2H3. The third-order valence-corrected chi connectivity index (χ3v) is 5.55. The lowest BCUT2D eigenvalue weighted by atomic mass is 9.87. The zero-order chi connectivity index (χ0) is 15.7. The molecular weight excluding hydrogens is 342 g/mol. The molecule has 2 aliphatic rings. The minimum Gasteiger partial charge on any atom is -0.308 e. The topological polar surface area (TPSA) is 36.4 Å². The van der Waals surface area contributed by atoms with Gasteiger partial charge in [0.15, 0.2) is 0 Å². The van der Waals surface area contributed by atoms with Gasteiger partial charge in [-0.3, -0.25) is 9.69 Å². The maximum absolute atomic E-state index is 13.1. The Bertz CT molecular complexity index is 531. The van der Waals surface area contributed by atoms with Gasteiger partial charge in [-0.05, 0) is 73.3 Å². The van der Waals surface area contributed by atoms with Gasteiger partial charge in [0.2, 0.25) is 5.91 Å². The second kappa shape index (κ2) is 6.67. The predicted molar refractivity (Wildman–Crippen MR) is 91.8 cm³/mol. The van der Waals surface area contributed by atoms with E-state index in [0.717, 1.165) is 29.2 Å². The van der Waals surface area contributed by atoms with Crippen LogP contribution in [-0.4, -0.2) is 43.0 Å². The second-order valence-electron chi connectivity index (χ2n) is 6.91. The van der Waals surface area contributed by atoms with Crippen LogP contribution in [0.3, 0.4) is 0 Å². The van der Waals surface area contributed by atoms with Crippen molar-refractivity contribution in [1.29, 1.82) is 0 Å². The van der Waals surface area contributed by atoms with Gasteiger partial charge in [0, 0.05) is 29.7 Å². The highest BCUT2D eigenvalue weighted by atomic mass is 79.9. The number of hydrogen-bond acceptors (Lipinski definition) is 3. The van der Waals surface area contributed by atoms with Gasteiger partial charge in [0.1, 0.15) is 5.82 Å². The Hall–Kier alpha value is -0.940. The first-order valence-corrected chi connectivity index (χ1v) is 8.91. The first-order valence-electron chi connectivity index (χ1n) is 8.12. The van der Waals surface area contributed by atoms with E-state index in [1.165, 1.54) is 19.3 Å². The molecule has 3 rings (SSSR count). The molecule has 0 spiro atoms. The Balaban J connectivity index is 1.78. The lowest BCUT2D eigenvalue weighted by Gasteiger charge is -2.29. The van der Waals surface area contributed by atoms with E-state index >= 15 is 0 Å². The third kappa shape index (κ3) is 3.35. The maximum atomic E-state index is 13.1. The number of rotatable bonds is 5. The van der Waals surface area contributed by atoms with Crippen LogP contribution in [0.4, 0.5) is 5.82 Å². The molecule has 2 aliphatic carbocycles. The van der Waals surface area contributed by atoms with Crippen molar-refractivity contribution in [2.24, 2.45) is 17.8 Å². The Labute approximate surface area is 141 Å². The number of likely N-dealkylation sites (N-methyl/N-ethyl adjacent to an activating group) is 1. The molecule has 0 radical (unpaired) electrons. The van der Waals surface area contributed by atoms with Gasteiger partial charge in [-0.2, -0.15) is 0 Å².